The second-order valence-electron chi connectivity index (χ2n) is 4.72. The first-order valence-corrected chi connectivity index (χ1v) is 6.37. The fourth-order valence-electron chi connectivity index (χ4n) is 2.37. The van der Waals surface area contributed by atoms with E-state index >= 15 is 0 Å². The first-order chi connectivity index (χ1) is 9.08. The van der Waals surface area contributed by atoms with Crippen molar-refractivity contribution < 1.29 is 14.7 Å². The van der Waals surface area contributed by atoms with Crippen molar-refractivity contribution in [2.75, 3.05) is 6.54 Å². The number of carboxylic acid groups (broad SMARTS) is 1. The number of hydrogen-bond acceptors (Lipinski definition) is 4. The molecule has 1 saturated heterocycles. The van der Waals surface area contributed by atoms with Crippen LogP contribution in [-0.2, 0) is 9.59 Å². The van der Waals surface area contributed by atoms with Crippen LogP contribution in [0.4, 0.5) is 0 Å². The third-order valence-electron chi connectivity index (χ3n) is 3.24. The van der Waals surface area contributed by atoms with Crippen LogP contribution in [0.1, 0.15) is 43.1 Å². The van der Waals surface area contributed by atoms with Gasteiger partial charge in [-0.3, -0.25) is 19.6 Å². The average molecular weight is 263 g/mol. The Kier molecular flexibility index (Phi) is 4.09. The second-order valence-corrected chi connectivity index (χ2v) is 4.72. The second kappa shape index (κ2) is 5.77. The van der Waals surface area contributed by atoms with Gasteiger partial charge in [0, 0.05) is 19.2 Å². The number of aryl methyl sites for hydroxylation is 1. The molecule has 1 N–H and O–H groups in total. The van der Waals surface area contributed by atoms with E-state index in [1.807, 2.05) is 6.92 Å². The van der Waals surface area contributed by atoms with Gasteiger partial charge in [-0.1, -0.05) is 0 Å². The summed E-state index contributed by atoms with van der Waals surface area (Å²) in [6.07, 6.45) is 5.05. The largest absolute Gasteiger partial charge is 0.481 e. The van der Waals surface area contributed by atoms with Crippen molar-refractivity contribution >= 4 is 11.9 Å². The van der Waals surface area contributed by atoms with Gasteiger partial charge in [-0.25, -0.2) is 0 Å². The molecule has 0 saturated carbocycles. The molecular formula is C13H17N3O3. The van der Waals surface area contributed by atoms with E-state index in [0.717, 1.165) is 24.2 Å². The Morgan fingerprint density at radius 3 is 2.89 bits per heavy atom. The number of aliphatic carboxylic acids is 1. The molecular weight excluding hydrogens is 246 g/mol. The van der Waals surface area contributed by atoms with E-state index < -0.39 is 5.97 Å². The summed E-state index contributed by atoms with van der Waals surface area (Å²) < 4.78 is 0. The van der Waals surface area contributed by atoms with E-state index in [9.17, 15) is 9.59 Å². The molecule has 2 heterocycles. The standard InChI is InChI=1S/C13H17N3O3/c1-9-7-14-8-10(15-9)11-3-2-6-16(11)12(17)4-5-13(18)19/h7-8,11H,2-6H2,1H3,(H,18,19)/t11-/m0/s1. The Bertz CT molecular complexity index is 490. The predicted molar refractivity (Wildman–Crippen MR) is 67.3 cm³/mol. The van der Waals surface area contributed by atoms with Crippen molar-refractivity contribution in [1.82, 2.24) is 14.9 Å². The van der Waals surface area contributed by atoms with Gasteiger partial charge in [0.05, 0.1) is 30.0 Å². The predicted octanol–water partition coefficient (Wildman–Crippen LogP) is 1.31. The van der Waals surface area contributed by atoms with Crippen LogP contribution < -0.4 is 0 Å². The van der Waals surface area contributed by atoms with Crippen LogP contribution in [-0.4, -0.2) is 38.4 Å². The van der Waals surface area contributed by atoms with Crippen LogP contribution in [0.25, 0.3) is 0 Å². The Morgan fingerprint density at radius 2 is 2.21 bits per heavy atom. The highest BCUT2D eigenvalue weighted by molar-refractivity contribution is 5.81. The molecule has 19 heavy (non-hydrogen) atoms. The van der Waals surface area contributed by atoms with Crippen molar-refractivity contribution in [2.45, 2.75) is 38.6 Å². The van der Waals surface area contributed by atoms with Crippen molar-refractivity contribution in [3.63, 3.8) is 0 Å². The maximum Gasteiger partial charge on any atom is 0.303 e. The van der Waals surface area contributed by atoms with Gasteiger partial charge >= 0.3 is 5.97 Å². The Morgan fingerprint density at radius 1 is 1.42 bits per heavy atom. The molecule has 2 rings (SSSR count). The van der Waals surface area contributed by atoms with Crippen LogP contribution in [0.3, 0.4) is 0 Å². The van der Waals surface area contributed by atoms with E-state index in [0.29, 0.717) is 6.54 Å². The van der Waals surface area contributed by atoms with Crippen molar-refractivity contribution in [3.05, 3.63) is 23.8 Å². The van der Waals surface area contributed by atoms with Crippen LogP contribution in [0, 0.1) is 6.92 Å². The molecule has 1 aromatic rings. The fourth-order valence-corrected chi connectivity index (χ4v) is 2.37. The maximum atomic E-state index is 12.0. The first kappa shape index (κ1) is 13.5. The molecule has 6 nitrogen and oxygen atoms in total. The summed E-state index contributed by atoms with van der Waals surface area (Å²) in [4.78, 5) is 32.8. The first-order valence-electron chi connectivity index (χ1n) is 6.37. The lowest BCUT2D eigenvalue weighted by Gasteiger charge is -2.24. The zero-order valence-corrected chi connectivity index (χ0v) is 10.9. The van der Waals surface area contributed by atoms with Crippen LogP contribution >= 0.6 is 0 Å². The van der Waals surface area contributed by atoms with Gasteiger partial charge in [-0.15, -0.1) is 0 Å². The molecule has 6 heteroatoms. The molecule has 1 amide bonds. The summed E-state index contributed by atoms with van der Waals surface area (Å²) in [5.74, 6) is -1.06. The third-order valence-corrected chi connectivity index (χ3v) is 3.24. The number of carbonyl (C=O) groups excluding carboxylic acids is 1. The van der Waals surface area contributed by atoms with E-state index in [4.69, 9.17) is 5.11 Å². The molecule has 1 atom stereocenters. The number of hydrogen-bond donors (Lipinski definition) is 1. The highest BCUT2D eigenvalue weighted by Crippen LogP contribution is 2.31. The minimum absolute atomic E-state index is 0.0467. The van der Waals surface area contributed by atoms with E-state index in [1.165, 1.54) is 0 Å². The monoisotopic (exact) mass is 263 g/mol. The van der Waals surface area contributed by atoms with Crippen molar-refractivity contribution in [2.24, 2.45) is 0 Å². The van der Waals surface area contributed by atoms with Gasteiger partial charge in [-0.05, 0) is 19.8 Å². The van der Waals surface area contributed by atoms with Gasteiger partial charge in [-0.2, -0.15) is 0 Å². The molecule has 0 unspecified atom stereocenters. The van der Waals surface area contributed by atoms with Gasteiger partial charge < -0.3 is 10.0 Å². The average Bonchev–Trinajstić information content (AvgIpc) is 2.85. The molecule has 0 radical (unpaired) electrons. The Hall–Kier alpha value is -1.98. The highest BCUT2D eigenvalue weighted by Gasteiger charge is 2.31. The number of carboxylic acids is 1. The molecule has 0 aromatic carbocycles. The van der Waals surface area contributed by atoms with Crippen LogP contribution in [0.2, 0.25) is 0 Å². The molecule has 0 aliphatic carbocycles. The maximum absolute atomic E-state index is 12.0. The lowest BCUT2D eigenvalue weighted by molar-refractivity contribution is -0.141. The van der Waals surface area contributed by atoms with Crippen LogP contribution in [0.15, 0.2) is 12.4 Å². The zero-order valence-electron chi connectivity index (χ0n) is 10.9. The smallest absolute Gasteiger partial charge is 0.303 e. The number of aromatic nitrogens is 2. The summed E-state index contributed by atoms with van der Waals surface area (Å²) in [6.45, 7) is 2.53. The lowest BCUT2D eigenvalue weighted by atomic mass is 10.1. The van der Waals surface area contributed by atoms with Gasteiger partial charge in [0.2, 0.25) is 5.91 Å². The van der Waals surface area contributed by atoms with E-state index in [1.54, 1.807) is 17.3 Å². The quantitative estimate of drug-likeness (QED) is 0.885. The van der Waals surface area contributed by atoms with E-state index in [-0.39, 0.29) is 24.8 Å². The van der Waals surface area contributed by atoms with Gasteiger partial charge in [0.25, 0.3) is 0 Å². The molecule has 0 bridgehead atoms. The summed E-state index contributed by atoms with van der Waals surface area (Å²) in [5.41, 5.74) is 1.61. The lowest BCUT2D eigenvalue weighted by Crippen LogP contribution is -2.31. The summed E-state index contributed by atoms with van der Waals surface area (Å²) in [7, 11) is 0. The molecule has 1 fully saturated rings. The SMILES string of the molecule is Cc1cncc([C@@H]2CCCN2C(=O)CCC(=O)O)n1. The van der Waals surface area contributed by atoms with Crippen molar-refractivity contribution in [1.29, 1.82) is 0 Å². The molecule has 1 aliphatic rings. The third kappa shape index (κ3) is 3.27. The van der Waals surface area contributed by atoms with E-state index in [2.05, 4.69) is 9.97 Å². The number of rotatable bonds is 4. The Balaban J connectivity index is 2.08. The topological polar surface area (TPSA) is 83.4 Å². The Labute approximate surface area is 111 Å². The number of carbonyl (C=O) groups is 2. The normalized spacial score (nSPS) is 18.6. The summed E-state index contributed by atoms with van der Waals surface area (Å²) in [5, 5.41) is 8.63. The highest BCUT2D eigenvalue weighted by atomic mass is 16.4. The number of amides is 1. The van der Waals surface area contributed by atoms with Crippen LogP contribution in [0.5, 0.6) is 0 Å². The van der Waals surface area contributed by atoms with Gasteiger partial charge in [0.15, 0.2) is 0 Å². The number of likely N-dealkylation sites (tertiary alicyclic amines) is 1. The zero-order chi connectivity index (χ0) is 13.8. The number of nitrogens with zero attached hydrogens (tertiary/aromatic N) is 3. The molecule has 1 aliphatic heterocycles. The minimum atomic E-state index is -0.945. The summed E-state index contributed by atoms with van der Waals surface area (Å²) in [6, 6.07) is -0.0614. The van der Waals surface area contributed by atoms with Crippen molar-refractivity contribution in [3.8, 4) is 0 Å². The fraction of sp³-hybridized carbons (Fsp3) is 0.538. The molecule has 1 aromatic heterocycles. The summed E-state index contributed by atoms with van der Waals surface area (Å²) >= 11 is 0. The minimum Gasteiger partial charge on any atom is -0.481 e. The van der Waals surface area contributed by atoms with Gasteiger partial charge in [0.1, 0.15) is 0 Å². The molecule has 0 spiro atoms. The molecule has 102 valence electrons.